The lowest BCUT2D eigenvalue weighted by molar-refractivity contribution is -0.148. The number of carbonyl (C=O) groups is 1. The Morgan fingerprint density at radius 3 is 2.84 bits per heavy atom. The summed E-state index contributed by atoms with van der Waals surface area (Å²) >= 11 is 0. The van der Waals surface area contributed by atoms with Gasteiger partial charge in [0.25, 0.3) is 0 Å². The Balaban J connectivity index is 1.84. The lowest BCUT2D eigenvalue weighted by Crippen LogP contribution is -2.56. The smallest absolute Gasteiger partial charge is 0.323 e. The zero-order valence-electron chi connectivity index (χ0n) is 10.9. The number of hydrogen-bond donors (Lipinski definition) is 2. The number of aromatic nitrogens is 2. The van der Waals surface area contributed by atoms with Crippen LogP contribution < -0.4 is 5.32 Å². The van der Waals surface area contributed by atoms with Crippen LogP contribution in [-0.2, 0) is 18.4 Å². The molecule has 1 saturated carbocycles. The Kier molecular flexibility index (Phi) is 2.78. The summed E-state index contributed by atoms with van der Waals surface area (Å²) in [5.74, 6) is -0.751. The predicted molar refractivity (Wildman–Crippen MR) is 71.8 cm³/mol. The van der Waals surface area contributed by atoms with Crippen molar-refractivity contribution in [3.63, 3.8) is 0 Å². The highest BCUT2D eigenvalue weighted by Gasteiger charge is 2.44. The fourth-order valence-electron chi connectivity index (χ4n) is 2.67. The Labute approximate surface area is 111 Å². The van der Waals surface area contributed by atoms with Crippen molar-refractivity contribution in [1.82, 2.24) is 15.1 Å². The van der Waals surface area contributed by atoms with Crippen LogP contribution in [0.4, 0.5) is 0 Å². The quantitative estimate of drug-likeness (QED) is 0.876. The summed E-state index contributed by atoms with van der Waals surface area (Å²) < 4.78 is 1.83. The lowest BCUT2D eigenvalue weighted by atomic mass is 9.77. The van der Waals surface area contributed by atoms with Crippen molar-refractivity contribution in [2.24, 2.45) is 7.05 Å². The van der Waals surface area contributed by atoms with Gasteiger partial charge in [0.15, 0.2) is 0 Å². The molecule has 1 heterocycles. The number of hydrogen-bond acceptors (Lipinski definition) is 3. The van der Waals surface area contributed by atoms with Gasteiger partial charge < -0.3 is 5.11 Å². The van der Waals surface area contributed by atoms with Gasteiger partial charge in [-0.25, -0.2) is 0 Å². The van der Waals surface area contributed by atoms with Crippen molar-refractivity contribution < 1.29 is 9.90 Å². The molecule has 5 nitrogen and oxygen atoms in total. The molecule has 2 aromatic rings. The number of rotatable bonds is 4. The van der Waals surface area contributed by atoms with Gasteiger partial charge in [0.2, 0.25) is 0 Å². The Morgan fingerprint density at radius 2 is 2.21 bits per heavy atom. The summed E-state index contributed by atoms with van der Waals surface area (Å²) in [5.41, 5.74) is 1.24. The van der Waals surface area contributed by atoms with E-state index in [2.05, 4.69) is 10.4 Å². The van der Waals surface area contributed by atoms with E-state index >= 15 is 0 Å². The van der Waals surface area contributed by atoms with Gasteiger partial charge in [0.1, 0.15) is 5.54 Å². The van der Waals surface area contributed by atoms with Crippen LogP contribution in [0.5, 0.6) is 0 Å². The van der Waals surface area contributed by atoms with Crippen LogP contribution in [0.1, 0.15) is 25.0 Å². The van der Waals surface area contributed by atoms with Crippen LogP contribution in [-0.4, -0.2) is 26.4 Å². The average molecular weight is 259 g/mol. The highest BCUT2D eigenvalue weighted by atomic mass is 16.4. The summed E-state index contributed by atoms with van der Waals surface area (Å²) in [7, 11) is 1.90. The fraction of sp³-hybridized carbons (Fsp3) is 0.429. The first-order valence-corrected chi connectivity index (χ1v) is 6.51. The minimum atomic E-state index is -0.751. The van der Waals surface area contributed by atoms with Gasteiger partial charge in [-0.15, -0.1) is 0 Å². The first-order chi connectivity index (χ1) is 9.12. The topological polar surface area (TPSA) is 67.2 Å². The van der Waals surface area contributed by atoms with E-state index in [0.717, 1.165) is 23.0 Å². The van der Waals surface area contributed by atoms with E-state index in [0.29, 0.717) is 19.4 Å². The standard InChI is InChI=1S/C14H17N3O2/c1-17-12-6-3-2-5-10(12)11(16-17)9-15-14(13(18)19)7-4-8-14/h2-3,5-6,15H,4,7-9H2,1H3,(H,18,19). The van der Waals surface area contributed by atoms with Crippen LogP contribution in [0.25, 0.3) is 10.9 Å². The van der Waals surface area contributed by atoms with Gasteiger partial charge in [-0.05, 0) is 25.3 Å². The summed E-state index contributed by atoms with van der Waals surface area (Å²) in [5, 5.41) is 18.0. The number of aryl methyl sites for hydroxylation is 1. The number of carboxylic acid groups (broad SMARTS) is 1. The number of aliphatic carboxylic acids is 1. The van der Waals surface area contributed by atoms with E-state index < -0.39 is 11.5 Å². The second-order valence-electron chi connectivity index (χ2n) is 5.18. The minimum Gasteiger partial charge on any atom is -0.480 e. The number of benzene rings is 1. The van der Waals surface area contributed by atoms with E-state index in [-0.39, 0.29) is 0 Å². The molecule has 5 heteroatoms. The SMILES string of the molecule is Cn1nc(CNC2(C(=O)O)CCC2)c2ccccc21. The fourth-order valence-corrected chi connectivity index (χ4v) is 2.67. The number of nitrogens with one attached hydrogen (secondary N) is 1. The summed E-state index contributed by atoms with van der Waals surface area (Å²) in [6.07, 6.45) is 2.38. The van der Waals surface area contributed by atoms with Crippen molar-refractivity contribution in [3.05, 3.63) is 30.0 Å². The lowest BCUT2D eigenvalue weighted by Gasteiger charge is -2.38. The summed E-state index contributed by atoms with van der Waals surface area (Å²) in [4.78, 5) is 11.3. The normalized spacial score (nSPS) is 17.3. The Bertz CT molecular complexity index is 629. The molecule has 19 heavy (non-hydrogen) atoms. The highest BCUT2D eigenvalue weighted by Crippen LogP contribution is 2.32. The average Bonchev–Trinajstić information content (AvgIpc) is 2.66. The van der Waals surface area contributed by atoms with Gasteiger partial charge in [-0.1, -0.05) is 18.2 Å². The molecule has 100 valence electrons. The molecule has 1 fully saturated rings. The Hall–Kier alpha value is -1.88. The monoisotopic (exact) mass is 259 g/mol. The molecule has 0 unspecified atom stereocenters. The van der Waals surface area contributed by atoms with E-state index in [1.165, 1.54) is 0 Å². The molecular formula is C14H17N3O2. The summed E-state index contributed by atoms with van der Waals surface area (Å²) in [6.45, 7) is 0.494. The number of fused-ring (bicyclic) bond motifs is 1. The minimum absolute atomic E-state index is 0.494. The van der Waals surface area contributed by atoms with Crippen molar-refractivity contribution in [2.75, 3.05) is 0 Å². The zero-order valence-corrected chi connectivity index (χ0v) is 10.9. The molecule has 1 aliphatic carbocycles. The molecule has 1 aliphatic rings. The third kappa shape index (κ3) is 1.90. The number of carboxylic acids is 1. The maximum absolute atomic E-state index is 11.3. The second-order valence-corrected chi connectivity index (χ2v) is 5.18. The van der Waals surface area contributed by atoms with Crippen molar-refractivity contribution >= 4 is 16.9 Å². The third-order valence-electron chi connectivity index (χ3n) is 4.05. The molecule has 0 amide bonds. The van der Waals surface area contributed by atoms with Crippen LogP contribution in [0.2, 0.25) is 0 Å². The molecule has 0 atom stereocenters. The number of nitrogens with zero attached hydrogens (tertiary/aromatic N) is 2. The predicted octanol–water partition coefficient (Wildman–Crippen LogP) is 1.67. The molecule has 1 aromatic heterocycles. The molecule has 3 rings (SSSR count). The molecule has 1 aromatic carbocycles. The van der Waals surface area contributed by atoms with Gasteiger partial charge in [0, 0.05) is 19.0 Å². The van der Waals surface area contributed by atoms with Gasteiger partial charge >= 0.3 is 5.97 Å². The van der Waals surface area contributed by atoms with E-state index in [1.54, 1.807) is 0 Å². The van der Waals surface area contributed by atoms with Gasteiger partial charge in [-0.3, -0.25) is 14.8 Å². The largest absolute Gasteiger partial charge is 0.480 e. The maximum Gasteiger partial charge on any atom is 0.323 e. The van der Waals surface area contributed by atoms with Crippen molar-refractivity contribution in [1.29, 1.82) is 0 Å². The Morgan fingerprint density at radius 1 is 1.47 bits per heavy atom. The number of para-hydroxylation sites is 1. The van der Waals surface area contributed by atoms with Crippen LogP contribution in [0.15, 0.2) is 24.3 Å². The van der Waals surface area contributed by atoms with Crippen LogP contribution >= 0.6 is 0 Å². The molecule has 0 aliphatic heterocycles. The van der Waals surface area contributed by atoms with Crippen LogP contribution in [0.3, 0.4) is 0 Å². The van der Waals surface area contributed by atoms with Crippen molar-refractivity contribution in [2.45, 2.75) is 31.3 Å². The van der Waals surface area contributed by atoms with Crippen molar-refractivity contribution in [3.8, 4) is 0 Å². The molecule has 0 radical (unpaired) electrons. The van der Waals surface area contributed by atoms with E-state index in [1.807, 2.05) is 36.0 Å². The third-order valence-corrected chi connectivity index (χ3v) is 4.05. The second kappa shape index (κ2) is 4.35. The van der Waals surface area contributed by atoms with Gasteiger partial charge in [0.05, 0.1) is 11.2 Å². The molecular weight excluding hydrogens is 242 g/mol. The van der Waals surface area contributed by atoms with E-state index in [9.17, 15) is 9.90 Å². The van der Waals surface area contributed by atoms with E-state index in [4.69, 9.17) is 0 Å². The molecule has 0 bridgehead atoms. The van der Waals surface area contributed by atoms with Crippen LogP contribution in [0, 0.1) is 0 Å². The van der Waals surface area contributed by atoms with Gasteiger partial charge in [-0.2, -0.15) is 5.10 Å². The zero-order chi connectivity index (χ0) is 13.5. The molecule has 2 N–H and O–H groups in total. The molecule has 0 spiro atoms. The first-order valence-electron chi connectivity index (χ1n) is 6.51. The molecule has 0 saturated heterocycles. The highest BCUT2D eigenvalue weighted by molar-refractivity contribution is 5.82. The summed E-state index contributed by atoms with van der Waals surface area (Å²) in [6, 6.07) is 7.99. The first kappa shape index (κ1) is 12.2. The maximum atomic E-state index is 11.3.